The van der Waals surface area contributed by atoms with Gasteiger partial charge >= 0.3 is 5.97 Å². The van der Waals surface area contributed by atoms with Crippen molar-refractivity contribution in [3.05, 3.63) is 60.2 Å². The Kier molecular flexibility index (Phi) is 6.42. The molecule has 1 N–H and O–H groups in total. The van der Waals surface area contributed by atoms with E-state index in [0.29, 0.717) is 12.1 Å². The van der Waals surface area contributed by atoms with Gasteiger partial charge in [-0.05, 0) is 42.2 Å². The van der Waals surface area contributed by atoms with Crippen LogP contribution < -0.4 is 10.2 Å². The molecule has 0 aliphatic carbocycles. The van der Waals surface area contributed by atoms with E-state index in [9.17, 15) is 14.4 Å². The van der Waals surface area contributed by atoms with E-state index in [0.717, 1.165) is 24.2 Å². The molecule has 0 unspecified atom stereocenters. The Morgan fingerprint density at radius 2 is 1.82 bits per heavy atom. The van der Waals surface area contributed by atoms with E-state index in [1.165, 1.54) is 0 Å². The zero-order valence-electron chi connectivity index (χ0n) is 15.9. The number of nitrogens with zero attached hydrogens (tertiary/aromatic N) is 1. The lowest BCUT2D eigenvalue weighted by atomic mass is 9.98. The average molecular weight is 380 g/mol. The number of anilines is 2. The smallest absolute Gasteiger partial charge is 0.306 e. The second-order valence-corrected chi connectivity index (χ2v) is 6.92. The van der Waals surface area contributed by atoms with Gasteiger partial charge in [0.1, 0.15) is 0 Å². The highest BCUT2D eigenvalue weighted by Gasteiger charge is 2.21. The van der Waals surface area contributed by atoms with E-state index >= 15 is 0 Å². The van der Waals surface area contributed by atoms with Crippen molar-refractivity contribution in [2.75, 3.05) is 23.4 Å². The van der Waals surface area contributed by atoms with Gasteiger partial charge in [0, 0.05) is 24.3 Å². The molecule has 28 heavy (non-hydrogen) atoms. The second kappa shape index (κ2) is 9.17. The van der Waals surface area contributed by atoms with E-state index < -0.39 is 11.9 Å². The minimum Gasteiger partial charge on any atom is -0.456 e. The van der Waals surface area contributed by atoms with Crippen LogP contribution in [0.3, 0.4) is 0 Å². The number of rotatable bonds is 7. The van der Waals surface area contributed by atoms with E-state index in [1.807, 2.05) is 37.3 Å². The van der Waals surface area contributed by atoms with Crippen molar-refractivity contribution in [1.29, 1.82) is 0 Å². The van der Waals surface area contributed by atoms with E-state index in [-0.39, 0.29) is 24.9 Å². The number of benzene rings is 2. The molecular formula is C22H24N2O4. The lowest BCUT2D eigenvalue weighted by Crippen LogP contribution is -2.24. The van der Waals surface area contributed by atoms with Gasteiger partial charge in [-0.2, -0.15) is 0 Å². The number of carbonyl (C=O) groups excluding carboxylic acids is 3. The average Bonchev–Trinajstić information content (AvgIpc) is 3.13. The Bertz CT molecular complexity index is 833. The molecule has 0 radical (unpaired) electrons. The molecule has 2 aromatic carbocycles. The van der Waals surface area contributed by atoms with Crippen molar-refractivity contribution >= 4 is 29.2 Å². The molecule has 0 aromatic heterocycles. The first-order valence-corrected chi connectivity index (χ1v) is 9.44. The fraction of sp³-hybridized carbons (Fsp3) is 0.318. The normalized spacial score (nSPS) is 14.6. The van der Waals surface area contributed by atoms with Gasteiger partial charge in [-0.15, -0.1) is 0 Å². The van der Waals surface area contributed by atoms with Crippen LogP contribution in [0.2, 0.25) is 0 Å². The summed E-state index contributed by atoms with van der Waals surface area (Å²) in [6.07, 6.45) is 1.66. The predicted molar refractivity (Wildman–Crippen MR) is 107 cm³/mol. The Morgan fingerprint density at radius 3 is 2.46 bits per heavy atom. The van der Waals surface area contributed by atoms with E-state index in [1.54, 1.807) is 29.2 Å². The molecule has 6 heteroatoms. The van der Waals surface area contributed by atoms with Gasteiger partial charge in [0.25, 0.3) is 5.91 Å². The molecular weight excluding hydrogens is 356 g/mol. The van der Waals surface area contributed by atoms with Crippen molar-refractivity contribution in [3.63, 3.8) is 0 Å². The molecule has 1 heterocycles. The molecule has 0 spiro atoms. The fourth-order valence-corrected chi connectivity index (χ4v) is 3.20. The molecule has 1 fully saturated rings. The van der Waals surface area contributed by atoms with Gasteiger partial charge in [0.15, 0.2) is 6.61 Å². The molecule has 2 amide bonds. The van der Waals surface area contributed by atoms with Gasteiger partial charge in [-0.3, -0.25) is 14.4 Å². The quantitative estimate of drug-likeness (QED) is 0.746. The third kappa shape index (κ3) is 5.19. The Morgan fingerprint density at radius 1 is 1.11 bits per heavy atom. The summed E-state index contributed by atoms with van der Waals surface area (Å²) in [6, 6.07) is 16.8. The van der Waals surface area contributed by atoms with E-state index in [2.05, 4.69) is 5.32 Å². The maximum atomic E-state index is 12.0. The maximum Gasteiger partial charge on any atom is 0.306 e. The van der Waals surface area contributed by atoms with Gasteiger partial charge in [-0.1, -0.05) is 37.3 Å². The van der Waals surface area contributed by atoms with Crippen LogP contribution in [0.25, 0.3) is 0 Å². The predicted octanol–water partition coefficient (Wildman–Crippen LogP) is 3.49. The third-order valence-corrected chi connectivity index (χ3v) is 4.74. The molecule has 3 rings (SSSR count). The first-order chi connectivity index (χ1) is 13.5. The summed E-state index contributed by atoms with van der Waals surface area (Å²) in [6.45, 7) is 2.35. The Balaban J connectivity index is 1.44. The van der Waals surface area contributed by atoms with Crippen molar-refractivity contribution in [2.45, 2.75) is 32.1 Å². The van der Waals surface area contributed by atoms with Crippen LogP contribution in [0.4, 0.5) is 11.4 Å². The summed E-state index contributed by atoms with van der Waals surface area (Å²) in [5.74, 6) is -0.661. The van der Waals surface area contributed by atoms with Gasteiger partial charge < -0.3 is 15.0 Å². The molecule has 0 saturated carbocycles. The molecule has 1 aliphatic heterocycles. The van der Waals surface area contributed by atoms with Gasteiger partial charge in [-0.25, -0.2) is 0 Å². The van der Waals surface area contributed by atoms with Crippen molar-refractivity contribution in [2.24, 2.45) is 0 Å². The summed E-state index contributed by atoms with van der Waals surface area (Å²) < 4.78 is 5.08. The molecule has 1 aliphatic rings. The lowest BCUT2D eigenvalue weighted by molar-refractivity contribution is -0.147. The SMILES string of the molecule is C[C@@H](CC(=O)OCC(=O)Nc1ccc(N2CCCC2=O)cc1)c1ccccc1. The number of hydrogen-bond donors (Lipinski definition) is 1. The third-order valence-electron chi connectivity index (χ3n) is 4.74. The number of nitrogens with one attached hydrogen (secondary N) is 1. The summed E-state index contributed by atoms with van der Waals surface area (Å²) in [5, 5.41) is 2.69. The van der Waals surface area contributed by atoms with Crippen LogP contribution in [0.5, 0.6) is 0 Å². The Labute approximate surface area is 164 Å². The minimum absolute atomic E-state index is 0.0256. The Hall–Kier alpha value is -3.15. The highest BCUT2D eigenvalue weighted by Crippen LogP contribution is 2.23. The van der Waals surface area contributed by atoms with Crippen molar-refractivity contribution < 1.29 is 19.1 Å². The zero-order chi connectivity index (χ0) is 19.9. The number of amides is 2. The van der Waals surface area contributed by atoms with Crippen LogP contribution in [-0.4, -0.2) is 30.9 Å². The molecule has 1 atom stereocenters. The molecule has 146 valence electrons. The number of esters is 1. The van der Waals surface area contributed by atoms with Crippen molar-refractivity contribution in [3.8, 4) is 0 Å². The first kappa shape index (κ1) is 19.6. The topological polar surface area (TPSA) is 75.7 Å². The standard InChI is InChI=1S/C22H24N2O4/c1-16(17-6-3-2-4-7-17)14-22(27)28-15-20(25)23-18-9-11-19(12-10-18)24-13-5-8-21(24)26/h2-4,6-7,9-12,16H,5,8,13-15H2,1H3,(H,23,25)/t16-/m0/s1. The van der Waals surface area contributed by atoms with Gasteiger partial charge in [0.05, 0.1) is 6.42 Å². The van der Waals surface area contributed by atoms with Gasteiger partial charge in [0.2, 0.25) is 5.91 Å². The summed E-state index contributed by atoms with van der Waals surface area (Å²) >= 11 is 0. The summed E-state index contributed by atoms with van der Waals surface area (Å²) in [7, 11) is 0. The van der Waals surface area contributed by atoms with Crippen LogP contribution >= 0.6 is 0 Å². The summed E-state index contributed by atoms with van der Waals surface area (Å²) in [4.78, 5) is 37.5. The fourth-order valence-electron chi connectivity index (χ4n) is 3.20. The largest absolute Gasteiger partial charge is 0.456 e. The number of hydrogen-bond acceptors (Lipinski definition) is 4. The van der Waals surface area contributed by atoms with Crippen LogP contribution in [0.1, 0.15) is 37.7 Å². The molecule has 6 nitrogen and oxygen atoms in total. The molecule has 2 aromatic rings. The van der Waals surface area contributed by atoms with Crippen LogP contribution in [0, 0.1) is 0 Å². The second-order valence-electron chi connectivity index (χ2n) is 6.92. The highest BCUT2D eigenvalue weighted by molar-refractivity contribution is 5.96. The highest BCUT2D eigenvalue weighted by atomic mass is 16.5. The van der Waals surface area contributed by atoms with Crippen molar-refractivity contribution in [1.82, 2.24) is 0 Å². The summed E-state index contributed by atoms with van der Waals surface area (Å²) in [5.41, 5.74) is 2.47. The zero-order valence-corrected chi connectivity index (χ0v) is 15.9. The molecule has 0 bridgehead atoms. The first-order valence-electron chi connectivity index (χ1n) is 9.44. The lowest BCUT2D eigenvalue weighted by Gasteiger charge is -2.16. The minimum atomic E-state index is -0.408. The van der Waals surface area contributed by atoms with E-state index in [4.69, 9.17) is 4.74 Å². The molecule has 1 saturated heterocycles. The number of ether oxygens (including phenoxy) is 1. The van der Waals surface area contributed by atoms with Crippen LogP contribution in [0.15, 0.2) is 54.6 Å². The monoisotopic (exact) mass is 380 g/mol. The number of carbonyl (C=O) groups is 3. The maximum absolute atomic E-state index is 12.0. The van der Waals surface area contributed by atoms with Crippen LogP contribution in [-0.2, 0) is 19.1 Å².